The highest BCUT2D eigenvalue weighted by molar-refractivity contribution is 6.07. The molecule has 1 amide bonds. The van der Waals surface area contributed by atoms with Gasteiger partial charge in [0.1, 0.15) is 0 Å². The Hall–Kier alpha value is -2.00. The lowest BCUT2D eigenvalue weighted by molar-refractivity contribution is -0.187. The van der Waals surface area contributed by atoms with Gasteiger partial charge in [0.15, 0.2) is 17.4 Å². The summed E-state index contributed by atoms with van der Waals surface area (Å²) in [4.78, 5) is 29.3. The zero-order valence-electron chi connectivity index (χ0n) is 17.8. The van der Waals surface area contributed by atoms with E-state index >= 15 is 0 Å². The van der Waals surface area contributed by atoms with Gasteiger partial charge in [0.25, 0.3) is 0 Å². The average Bonchev–Trinajstić information content (AvgIpc) is 3.45. The van der Waals surface area contributed by atoms with Crippen molar-refractivity contribution < 1.29 is 28.5 Å². The predicted molar refractivity (Wildman–Crippen MR) is 112 cm³/mol. The summed E-state index contributed by atoms with van der Waals surface area (Å²) < 4.78 is 23.0. The number of Topliss-reactive ketones (excluding diaryl/α,β-unsaturated/α-hetero) is 1. The van der Waals surface area contributed by atoms with Crippen LogP contribution in [0, 0.1) is 0 Å². The third-order valence-corrected chi connectivity index (χ3v) is 6.90. The fourth-order valence-corrected chi connectivity index (χ4v) is 4.98. The van der Waals surface area contributed by atoms with Gasteiger partial charge in [-0.1, -0.05) is 0 Å². The van der Waals surface area contributed by atoms with E-state index in [2.05, 4.69) is 4.90 Å². The number of amides is 1. The standard InChI is InChI=1S/C23H30N2O6/c26-20(17-21(27)25-11-7-23(8-12-25)30-15-16-31-23)18-1-3-19(4-2-18)24-9-5-22(6-10-24)28-13-14-29-22/h1-4H,5-17H2. The topological polar surface area (TPSA) is 77.5 Å². The van der Waals surface area contributed by atoms with Crippen LogP contribution < -0.4 is 4.90 Å². The molecule has 0 saturated carbocycles. The number of nitrogens with zero attached hydrogens (tertiary/aromatic N) is 2. The first-order valence-electron chi connectivity index (χ1n) is 11.3. The van der Waals surface area contributed by atoms with Crippen molar-refractivity contribution in [3.8, 4) is 0 Å². The smallest absolute Gasteiger partial charge is 0.230 e. The molecular weight excluding hydrogens is 400 g/mol. The number of hydrogen-bond acceptors (Lipinski definition) is 7. The van der Waals surface area contributed by atoms with Crippen molar-refractivity contribution in [2.75, 3.05) is 57.5 Å². The predicted octanol–water partition coefficient (Wildman–Crippen LogP) is 1.97. The molecule has 4 aliphatic heterocycles. The number of benzene rings is 1. The second-order valence-electron chi connectivity index (χ2n) is 8.73. The fourth-order valence-electron chi connectivity index (χ4n) is 4.98. The maximum atomic E-state index is 12.7. The Morgan fingerprint density at radius 3 is 1.74 bits per heavy atom. The highest BCUT2D eigenvalue weighted by atomic mass is 16.7. The molecule has 4 heterocycles. The van der Waals surface area contributed by atoms with Gasteiger partial charge in [-0.2, -0.15) is 0 Å². The van der Waals surface area contributed by atoms with Crippen LogP contribution in [0.15, 0.2) is 24.3 Å². The molecule has 8 nitrogen and oxygen atoms in total. The first kappa shape index (κ1) is 20.9. The van der Waals surface area contributed by atoms with E-state index < -0.39 is 11.6 Å². The van der Waals surface area contributed by atoms with E-state index in [4.69, 9.17) is 18.9 Å². The summed E-state index contributed by atoms with van der Waals surface area (Å²) in [6.07, 6.45) is 2.91. The van der Waals surface area contributed by atoms with Crippen LogP contribution in [0.3, 0.4) is 0 Å². The van der Waals surface area contributed by atoms with Gasteiger partial charge in [-0.3, -0.25) is 9.59 Å². The van der Waals surface area contributed by atoms with Gasteiger partial charge in [-0.15, -0.1) is 0 Å². The minimum Gasteiger partial charge on any atom is -0.371 e. The van der Waals surface area contributed by atoms with Crippen LogP contribution >= 0.6 is 0 Å². The van der Waals surface area contributed by atoms with Crippen LogP contribution in [0.2, 0.25) is 0 Å². The molecule has 168 valence electrons. The maximum absolute atomic E-state index is 12.7. The molecule has 4 fully saturated rings. The van der Waals surface area contributed by atoms with Crippen LogP contribution in [-0.2, 0) is 23.7 Å². The summed E-state index contributed by atoms with van der Waals surface area (Å²) in [7, 11) is 0. The van der Waals surface area contributed by atoms with Crippen LogP contribution in [0.5, 0.6) is 0 Å². The van der Waals surface area contributed by atoms with Gasteiger partial charge in [-0.25, -0.2) is 0 Å². The Balaban J connectivity index is 1.12. The van der Waals surface area contributed by atoms with Crippen molar-refractivity contribution in [3.05, 3.63) is 29.8 Å². The molecule has 0 aliphatic carbocycles. The first-order valence-corrected chi connectivity index (χ1v) is 11.3. The van der Waals surface area contributed by atoms with Gasteiger partial charge >= 0.3 is 0 Å². The minimum atomic E-state index is -0.513. The number of rotatable bonds is 4. The Morgan fingerprint density at radius 2 is 1.23 bits per heavy atom. The zero-order chi connectivity index (χ0) is 21.3. The molecule has 0 atom stereocenters. The molecule has 0 bridgehead atoms. The molecular formula is C23H30N2O6. The molecule has 0 radical (unpaired) electrons. The van der Waals surface area contributed by atoms with E-state index in [9.17, 15) is 9.59 Å². The Bertz CT molecular complexity index is 794. The van der Waals surface area contributed by atoms with Crippen LogP contribution in [0.1, 0.15) is 42.5 Å². The van der Waals surface area contributed by atoms with Crippen molar-refractivity contribution in [1.29, 1.82) is 0 Å². The van der Waals surface area contributed by atoms with Crippen LogP contribution in [-0.4, -0.2) is 80.8 Å². The molecule has 31 heavy (non-hydrogen) atoms. The highest BCUT2D eigenvalue weighted by Gasteiger charge is 2.41. The lowest BCUT2D eigenvalue weighted by Gasteiger charge is -2.38. The quantitative estimate of drug-likeness (QED) is 0.534. The van der Waals surface area contributed by atoms with E-state index in [0.29, 0.717) is 57.9 Å². The summed E-state index contributed by atoms with van der Waals surface area (Å²) in [5, 5.41) is 0. The Kier molecular flexibility index (Phi) is 5.73. The van der Waals surface area contributed by atoms with Crippen molar-refractivity contribution in [1.82, 2.24) is 4.90 Å². The number of anilines is 1. The summed E-state index contributed by atoms with van der Waals surface area (Å²) in [5.74, 6) is -1.17. The molecule has 1 aromatic carbocycles. The zero-order valence-corrected chi connectivity index (χ0v) is 17.8. The highest BCUT2D eigenvalue weighted by Crippen LogP contribution is 2.34. The normalized spacial score (nSPS) is 24.8. The van der Waals surface area contributed by atoms with E-state index in [1.807, 2.05) is 24.3 Å². The van der Waals surface area contributed by atoms with E-state index in [0.717, 1.165) is 31.6 Å². The summed E-state index contributed by atoms with van der Waals surface area (Å²) in [6, 6.07) is 7.57. The molecule has 0 aromatic heterocycles. The average molecular weight is 431 g/mol. The molecule has 0 N–H and O–H groups in total. The number of carbonyl (C=O) groups excluding carboxylic acids is 2. The summed E-state index contributed by atoms with van der Waals surface area (Å²) >= 11 is 0. The number of ketones is 1. The Morgan fingerprint density at radius 1 is 0.742 bits per heavy atom. The van der Waals surface area contributed by atoms with Gasteiger partial charge in [0, 0.05) is 63.1 Å². The monoisotopic (exact) mass is 430 g/mol. The lowest BCUT2D eigenvalue weighted by Crippen LogP contribution is -2.47. The second kappa shape index (κ2) is 8.50. The third kappa shape index (κ3) is 4.35. The van der Waals surface area contributed by atoms with Gasteiger partial charge in [-0.05, 0) is 24.3 Å². The number of ether oxygens (including phenoxy) is 4. The summed E-state index contributed by atoms with van der Waals surface area (Å²) in [6.45, 7) is 5.42. The Labute approximate surface area is 182 Å². The molecule has 2 spiro atoms. The molecule has 4 aliphatic rings. The minimum absolute atomic E-state index is 0.102. The van der Waals surface area contributed by atoms with Gasteiger partial charge in [0.2, 0.25) is 5.91 Å². The molecule has 1 aromatic rings. The summed E-state index contributed by atoms with van der Waals surface area (Å²) in [5.41, 5.74) is 1.65. The van der Waals surface area contributed by atoms with Crippen molar-refractivity contribution in [2.45, 2.75) is 43.7 Å². The van der Waals surface area contributed by atoms with Crippen LogP contribution in [0.25, 0.3) is 0 Å². The molecule has 4 saturated heterocycles. The third-order valence-electron chi connectivity index (χ3n) is 6.90. The van der Waals surface area contributed by atoms with E-state index in [1.54, 1.807) is 4.90 Å². The molecule has 5 rings (SSSR count). The van der Waals surface area contributed by atoms with E-state index in [1.165, 1.54) is 0 Å². The van der Waals surface area contributed by atoms with E-state index in [-0.39, 0.29) is 18.1 Å². The number of likely N-dealkylation sites (tertiary alicyclic amines) is 1. The number of hydrogen-bond donors (Lipinski definition) is 0. The van der Waals surface area contributed by atoms with Crippen molar-refractivity contribution >= 4 is 17.4 Å². The van der Waals surface area contributed by atoms with Gasteiger partial charge < -0.3 is 28.7 Å². The van der Waals surface area contributed by atoms with Crippen LogP contribution in [0.4, 0.5) is 5.69 Å². The second-order valence-corrected chi connectivity index (χ2v) is 8.73. The molecule has 8 heteroatoms. The largest absolute Gasteiger partial charge is 0.371 e. The molecule has 0 unspecified atom stereocenters. The van der Waals surface area contributed by atoms with Crippen molar-refractivity contribution in [3.63, 3.8) is 0 Å². The SMILES string of the molecule is O=C(CC(=O)N1CCC2(CC1)OCCO2)c1ccc(N2CCC3(CC2)OCCO3)cc1. The number of carbonyl (C=O) groups is 2. The maximum Gasteiger partial charge on any atom is 0.230 e. The first-order chi connectivity index (χ1) is 15.1. The number of piperidine rings is 2. The lowest BCUT2D eigenvalue weighted by atomic mass is 10.0. The fraction of sp³-hybridized carbons (Fsp3) is 0.652. The van der Waals surface area contributed by atoms with Crippen molar-refractivity contribution in [2.24, 2.45) is 0 Å². The van der Waals surface area contributed by atoms with Gasteiger partial charge in [0.05, 0.1) is 32.8 Å².